The Bertz CT molecular complexity index is 947. The fraction of sp³-hybridized carbons (Fsp3) is 0.435. The molecule has 0 radical (unpaired) electrons. The number of hydrogen-bond donors (Lipinski definition) is 3. The number of pyridine rings is 1. The van der Waals surface area contributed by atoms with Crippen LogP contribution in [-0.2, 0) is 9.59 Å². The Balaban J connectivity index is 1.27. The lowest BCUT2D eigenvalue weighted by Gasteiger charge is -2.32. The van der Waals surface area contributed by atoms with Gasteiger partial charge in [-0.05, 0) is 43.5 Å². The summed E-state index contributed by atoms with van der Waals surface area (Å²) in [7, 11) is 3.13. The van der Waals surface area contributed by atoms with Crippen LogP contribution in [0.2, 0.25) is 0 Å². The molecule has 0 aliphatic carbocycles. The number of aromatic nitrogens is 1. The molecule has 3 heterocycles. The highest BCUT2D eigenvalue weighted by molar-refractivity contribution is 5.93. The van der Waals surface area contributed by atoms with Gasteiger partial charge in [0.25, 0.3) is 0 Å². The van der Waals surface area contributed by atoms with Gasteiger partial charge in [0, 0.05) is 37.0 Å². The van der Waals surface area contributed by atoms with Crippen LogP contribution in [0.1, 0.15) is 31.0 Å². The first-order valence-electron chi connectivity index (χ1n) is 10.8. The lowest BCUT2D eigenvalue weighted by atomic mass is 9.95. The average Bonchev–Trinajstić information content (AvgIpc) is 3.34. The number of benzene rings is 1. The number of nitrogens with zero attached hydrogens (tertiary/aromatic N) is 2. The van der Waals surface area contributed by atoms with Crippen LogP contribution in [0.3, 0.4) is 0 Å². The molecule has 2 saturated heterocycles. The first-order valence-corrected chi connectivity index (χ1v) is 10.8. The molecule has 2 aromatic rings. The summed E-state index contributed by atoms with van der Waals surface area (Å²) in [6.07, 6.45) is 3.67. The molecule has 2 aliphatic heterocycles. The smallest absolute Gasteiger partial charge is 0.241 e. The van der Waals surface area contributed by atoms with Gasteiger partial charge in [-0.1, -0.05) is 6.07 Å². The summed E-state index contributed by atoms with van der Waals surface area (Å²) in [4.78, 5) is 31.9. The molecule has 2 aliphatic rings. The zero-order valence-electron chi connectivity index (χ0n) is 18.3. The van der Waals surface area contributed by atoms with Crippen molar-refractivity contribution in [3.63, 3.8) is 0 Å². The SMILES string of the molecule is COc1ccc(NC(=O)C2CCN(C(=O)C3CC(c4ccccn4)NN3)CC2)cc1OC. The molecule has 3 N–H and O–H groups in total. The second-order valence-electron chi connectivity index (χ2n) is 8.04. The summed E-state index contributed by atoms with van der Waals surface area (Å²) in [5, 5.41) is 2.95. The van der Waals surface area contributed by atoms with E-state index in [1.54, 1.807) is 38.6 Å². The maximum absolute atomic E-state index is 13.0. The second kappa shape index (κ2) is 9.97. The molecule has 0 saturated carbocycles. The number of likely N-dealkylation sites (tertiary alicyclic amines) is 1. The number of carbonyl (C=O) groups excluding carboxylic acids is 2. The number of rotatable bonds is 6. The maximum Gasteiger partial charge on any atom is 0.241 e. The van der Waals surface area contributed by atoms with E-state index in [4.69, 9.17) is 9.47 Å². The number of ether oxygens (including phenoxy) is 2. The fourth-order valence-corrected chi connectivity index (χ4v) is 4.23. The van der Waals surface area contributed by atoms with Crippen molar-refractivity contribution in [2.75, 3.05) is 32.6 Å². The summed E-state index contributed by atoms with van der Waals surface area (Å²) in [5.41, 5.74) is 7.86. The van der Waals surface area contributed by atoms with E-state index in [0.717, 1.165) is 5.69 Å². The van der Waals surface area contributed by atoms with Crippen molar-refractivity contribution in [2.24, 2.45) is 5.92 Å². The number of anilines is 1. The molecule has 32 heavy (non-hydrogen) atoms. The van der Waals surface area contributed by atoms with Gasteiger partial charge in [-0.3, -0.25) is 14.6 Å². The van der Waals surface area contributed by atoms with E-state index in [2.05, 4.69) is 21.2 Å². The monoisotopic (exact) mass is 439 g/mol. The van der Waals surface area contributed by atoms with Gasteiger partial charge in [0.05, 0.1) is 26.0 Å². The molecule has 2 fully saturated rings. The van der Waals surface area contributed by atoms with Crippen molar-refractivity contribution < 1.29 is 19.1 Å². The van der Waals surface area contributed by atoms with Crippen molar-refractivity contribution in [3.8, 4) is 11.5 Å². The topological polar surface area (TPSA) is 105 Å². The van der Waals surface area contributed by atoms with Crippen molar-refractivity contribution >= 4 is 17.5 Å². The molecule has 2 unspecified atom stereocenters. The average molecular weight is 440 g/mol. The van der Waals surface area contributed by atoms with Gasteiger partial charge in [0.2, 0.25) is 11.8 Å². The van der Waals surface area contributed by atoms with Gasteiger partial charge < -0.3 is 19.7 Å². The molecule has 9 heteroatoms. The summed E-state index contributed by atoms with van der Waals surface area (Å²) in [6, 6.07) is 10.8. The number of carbonyl (C=O) groups is 2. The highest BCUT2D eigenvalue weighted by Crippen LogP contribution is 2.30. The minimum atomic E-state index is -0.292. The fourth-order valence-electron chi connectivity index (χ4n) is 4.23. The molecule has 1 aromatic carbocycles. The van der Waals surface area contributed by atoms with Gasteiger partial charge in [0.1, 0.15) is 6.04 Å². The minimum absolute atomic E-state index is 0.00922. The second-order valence-corrected chi connectivity index (χ2v) is 8.04. The Kier molecular flexibility index (Phi) is 6.87. The van der Waals surface area contributed by atoms with Crippen LogP contribution in [-0.4, -0.2) is 55.0 Å². The third-order valence-electron chi connectivity index (χ3n) is 6.07. The van der Waals surface area contributed by atoms with Gasteiger partial charge in [-0.2, -0.15) is 0 Å². The van der Waals surface area contributed by atoms with Crippen LogP contribution in [0.5, 0.6) is 11.5 Å². The minimum Gasteiger partial charge on any atom is -0.493 e. The number of hydrazine groups is 1. The Morgan fingerprint density at radius 2 is 1.84 bits per heavy atom. The van der Waals surface area contributed by atoms with E-state index in [0.29, 0.717) is 49.5 Å². The first kappa shape index (κ1) is 22.0. The molecular weight excluding hydrogens is 410 g/mol. The number of methoxy groups -OCH3 is 2. The van der Waals surface area contributed by atoms with Crippen LogP contribution in [0.25, 0.3) is 0 Å². The first-order chi connectivity index (χ1) is 15.6. The van der Waals surface area contributed by atoms with Crippen molar-refractivity contribution in [3.05, 3.63) is 48.3 Å². The zero-order valence-corrected chi connectivity index (χ0v) is 18.3. The van der Waals surface area contributed by atoms with E-state index >= 15 is 0 Å². The molecule has 0 spiro atoms. The number of amides is 2. The van der Waals surface area contributed by atoms with Gasteiger partial charge in [-0.25, -0.2) is 10.9 Å². The van der Waals surface area contributed by atoms with E-state index in [-0.39, 0.29) is 29.8 Å². The van der Waals surface area contributed by atoms with Crippen LogP contribution < -0.4 is 25.6 Å². The molecule has 170 valence electrons. The Hall–Kier alpha value is -3.17. The van der Waals surface area contributed by atoms with Crippen molar-refractivity contribution in [1.29, 1.82) is 0 Å². The summed E-state index contributed by atoms with van der Waals surface area (Å²) < 4.78 is 10.5. The normalized spacial score (nSPS) is 21.2. The quantitative estimate of drug-likeness (QED) is 0.631. The van der Waals surface area contributed by atoms with Crippen LogP contribution in [0.15, 0.2) is 42.6 Å². The largest absolute Gasteiger partial charge is 0.493 e. The summed E-state index contributed by atoms with van der Waals surface area (Å²) >= 11 is 0. The van der Waals surface area contributed by atoms with E-state index in [1.165, 1.54) is 0 Å². The molecule has 0 bridgehead atoms. The van der Waals surface area contributed by atoms with E-state index in [1.807, 2.05) is 23.1 Å². The molecular formula is C23H29N5O4. The zero-order chi connectivity index (χ0) is 22.5. The molecule has 2 amide bonds. The van der Waals surface area contributed by atoms with Gasteiger partial charge >= 0.3 is 0 Å². The third kappa shape index (κ3) is 4.84. The van der Waals surface area contributed by atoms with E-state index in [9.17, 15) is 9.59 Å². The third-order valence-corrected chi connectivity index (χ3v) is 6.07. The van der Waals surface area contributed by atoms with E-state index < -0.39 is 0 Å². The highest BCUT2D eigenvalue weighted by atomic mass is 16.5. The van der Waals surface area contributed by atoms with Crippen LogP contribution in [0, 0.1) is 5.92 Å². The molecule has 2 atom stereocenters. The Labute approximate surface area is 187 Å². The Morgan fingerprint density at radius 1 is 1.06 bits per heavy atom. The number of nitrogens with one attached hydrogen (secondary N) is 3. The summed E-state index contributed by atoms with van der Waals surface area (Å²) in [5.74, 6) is 1.06. The van der Waals surface area contributed by atoms with Crippen LogP contribution in [0.4, 0.5) is 5.69 Å². The van der Waals surface area contributed by atoms with Crippen LogP contribution >= 0.6 is 0 Å². The molecule has 1 aromatic heterocycles. The highest BCUT2D eigenvalue weighted by Gasteiger charge is 2.35. The lowest BCUT2D eigenvalue weighted by Crippen LogP contribution is -2.49. The molecule has 4 rings (SSSR count). The Morgan fingerprint density at radius 3 is 2.53 bits per heavy atom. The van der Waals surface area contributed by atoms with Crippen molar-refractivity contribution in [1.82, 2.24) is 20.7 Å². The van der Waals surface area contributed by atoms with Gasteiger partial charge in [-0.15, -0.1) is 0 Å². The number of hydrogen-bond acceptors (Lipinski definition) is 7. The number of piperidine rings is 1. The molecule has 9 nitrogen and oxygen atoms in total. The standard InChI is InChI=1S/C23H29N5O4/c1-31-20-7-6-16(13-21(20)32-2)25-22(29)15-8-11-28(12-9-15)23(30)19-14-18(26-27-19)17-5-3-4-10-24-17/h3-7,10,13,15,18-19,26-27H,8-9,11-12,14H2,1-2H3,(H,25,29). The predicted octanol–water partition coefficient (Wildman–Crippen LogP) is 1.88. The predicted molar refractivity (Wildman–Crippen MR) is 119 cm³/mol. The maximum atomic E-state index is 13.0. The summed E-state index contributed by atoms with van der Waals surface area (Å²) in [6.45, 7) is 1.13. The van der Waals surface area contributed by atoms with Crippen molar-refractivity contribution in [2.45, 2.75) is 31.3 Å². The van der Waals surface area contributed by atoms with Gasteiger partial charge in [0.15, 0.2) is 11.5 Å². The lowest BCUT2D eigenvalue weighted by molar-refractivity contribution is -0.136.